The van der Waals surface area contributed by atoms with Crippen LogP contribution in [0.2, 0.25) is 0 Å². The molecule has 1 heterocycles. The molecule has 0 saturated heterocycles. The molecule has 0 aliphatic heterocycles. The normalized spacial score (nSPS) is 44.6. The highest BCUT2D eigenvalue weighted by molar-refractivity contribution is 7.15. The Morgan fingerprint density at radius 1 is 1.20 bits per heavy atom. The van der Waals surface area contributed by atoms with Crippen LogP contribution in [0, 0.1) is 22.2 Å². The van der Waals surface area contributed by atoms with Gasteiger partial charge in [-0.1, -0.05) is 13.8 Å². The number of thiazole rings is 1. The lowest BCUT2D eigenvalue weighted by Crippen LogP contribution is -2.58. The second kappa shape index (κ2) is 5.07. The summed E-state index contributed by atoms with van der Waals surface area (Å²) in [4.78, 5) is 19.4. The summed E-state index contributed by atoms with van der Waals surface area (Å²) in [5, 5.41) is 4.03. The summed E-state index contributed by atoms with van der Waals surface area (Å²) in [5.74, 6) is 0.976. The van der Waals surface area contributed by atoms with Crippen LogP contribution in [-0.2, 0) is 17.6 Å². The van der Waals surface area contributed by atoms with Gasteiger partial charge in [0, 0.05) is 10.9 Å². The predicted molar refractivity (Wildman–Crippen MR) is 101 cm³/mol. The number of carbonyl (C=O) groups excluding carboxylic acids is 1. The van der Waals surface area contributed by atoms with Crippen LogP contribution < -0.4 is 11.1 Å². The van der Waals surface area contributed by atoms with Gasteiger partial charge in [0.25, 0.3) is 0 Å². The molecule has 5 aliphatic rings. The highest BCUT2D eigenvalue weighted by atomic mass is 32.1. The summed E-state index contributed by atoms with van der Waals surface area (Å²) in [5.41, 5.74) is 7.80. The number of rotatable bonds is 2. The zero-order valence-electron chi connectivity index (χ0n) is 15.4. The van der Waals surface area contributed by atoms with E-state index < -0.39 is 0 Å². The topological polar surface area (TPSA) is 68.0 Å². The van der Waals surface area contributed by atoms with E-state index in [1.165, 1.54) is 24.1 Å². The van der Waals surface area contributed by atoms with E-state index in [-0.39, 0.29) is 17.4 Å². The number of hydrogen-bond acceptors (Lipinski definition) is 4. The molecular weight excluding hydrogens is 330 g/mol. The smallest absolute Gasteiger partial charge is 0.232 e. The fourth-order valence-corrected chi connectivity index (χ4v) is 8.48. The second-order valence-corrected chi connectivity index (χ2v) is 11.3. The molecule has 3 atom stereocenters. The number of amides is 1. The minimum atomic E-state index is -0.161. The van der Waals surface area contributed by atoms with Gasteiger partial charge in [-0.3, -0.25) is 4.79 Å². The zero-order chi connectivity index (χ0) is 17.4. The predicted octanol–water partition coefficient (Wildman–Crippen LogP) is 3.89. The van der Waals surface area contributed by atoms with E-state index in [4.69, 9.17) is 10.7 Å². The molecular formula is C20H29N3OS. The second-order valence-electron chi connectivity index (χ2n) is 10.3. The highest BCUT2D eigenvalue weighted by Gasteiger charge is 2.62. The first kappa shape index (κ1) is 16.2. The quantitative estimate of drug-likeness (QED) is 0.841. The monoisotopic (exact) mass is 359 g/mol. The van der Waals surface area contributed by atoms with Gasteiger partial charge in [0.15, 0.2) is 5.13 Å². The van der Waals surface area contributed by atoms with Crippen LogP contribution in [0.15, 0.2) is 0 Å². The Balaban J connectivity index is 1.40. The van der Waals surface area contributed by atoms with Crippen molar-refractivity contribution in [3.8, 4) is 0 Å². The minimum Gasteiger partial charge on any atom is -0.327 e. The maximum absolute atomic E-state index is 13.4. The molecule has 5 aliphatic carbocycles. The van der Waals surface area contributed by atoms with Crippen LogP contribution in [0.1, 0.15) is 69.4 Å². The van der Waals surface area contributed by atoms with Crippen molar-refractivity contribution in [1.29, 1.82) is 0 Å². The summed E-state index contributed by atoms with van der Waals surface area (Å²) in [6.07, 6.45) is 10.0. The zero-order valence-corrected chi connectivity index (χ0v) is 16.2. The molecule has 4 nitrogen and oxygen atoms in total. The Morgan fingerprint density at radius 3 is 2.60 bits per heavy atom. The van der Waals surface area contributed by atoms with E-state index in [9.17, 15) is 4.79 Å². The first-order valence-electron chi connectivity index (χ1n) is 9.82. The van der Waals surface area contributed by atoms with Crippen molar-refractivity contribution in [3.63, 3.8) is 0 Å². The molecule has 5 heteroatoms. The molecule has 25 heavy (non-hydrogen) atoms. The Morgan fingerprint density at radius 2 is 1.92 bits per heavy atom. The van der Waals surface area contributed by atoms with Crippen molar-refractivity contribution >= 4 is 22.4 Å². The van der Waals surface area contributed by atoms with Crippen molar-refractivity contribution in [2.24, 2.45) is 27.9 Å². The highest BCUT2D eigenvalue weighted by Crippen LogP contribution is 2.69. The number of hydrogen-bond donors (Lipinski definition) is 2. The van der Waals surface area contributed by atoms with Gasteiger partial charge in [0.2, 0.25) is 5.91 Å². The van der Waals surface area contributed by atoms with Crippen LogP contribution in [0.5, 0.6) is 0 Å². The number of nitrogens with zero attached hydrogens (tertiary/aromatic N) is 1. The molecule has 4 fully saturated rings. The van der Waals surface area contributed by atoms with Gasteiger partial charge < -0.3 is 11.1 Å². The van der Waals surface area contributed by atoms with Crippen molar-refractivity contribution in [2.45, 2.75) is 77.7 Å². The van der Waals surface area contributed by atoms with Gasteiger partial charge in [-0.2, -0.15) is 0 Å². The standard InChI is InChI=1S/C20H29N3OS/c1-18-6-12-7-19(2,9-18)11-20(8-12,10-18)16(24)23-17-22-14-4-3-13(21)5-15(14)25-17/h12-13H,3-11,21H2,1-2H3,(H,22,23,24)/t12?,13-,18?,19?,20?/m0/s1. The van der Waals surface area contributed by atoms with Gasteiger partial charge in [-0.05, 0) is 74.5 Å². The van der Waals surface area contributed by atoms with E-state index in [0.717, 1.165) is 55.3 Å². The molecule has 1 aromatic rings. The van der Waals surface area contributed by atoms with Gasteiger partial charge in [0.1, 0.15) is 0 Å². The summed E-state index contributed by atoms with van der Waals surface area (Å²) in [6.45, 7) is 4.84. The maximum Gasteiger partial charge on any atom is 0.232 e. The van der Waals surface area contributed by atoms with E-state index in [2.05, 4.69) is 19.2 Å². The number of carbonyl (C=O) groups is 1. The molecule has 0 aromatic carbocycles. The third-order valence-electron chi connectivity index (χ3n) is 7.31. The molecule has 2 unspecified atom stereocenters. The number of anilines is 1. The number of nitrogens with one attached hydrogen (secondary N) is 1. The lowest BCUT2D eigenvalue weighted by molar-refractivity contribution is -0.165. The van der Waals surface area contributed by atoms with E-state index in [0.29, 0.717) is 10.8 Å². The molecule has 0 spiro atoms. The number of nitrogens with two attached hydrogens (primary N) is 1. The molecule has 0 radical (unpaired) electrons. The molecule has 6 rings (SSSR count). The average Bonchev–Trinajstić information content (AvgIpc) is 2.84. The Hall–Kier alpha value is -0.940. The molecule has 4 saturated carbocycles. The molecule has 1 aromatic heterocycles. The molecule has 3 N–H and O–H groups in total. The Labute approximate surface area is 154 Å². The van der Waals surface area contributed by atoms with Gasteiger partial charge in [-0.15, -0.1) is 11.3 Å². The third kappa shape index (κ3) is 2.57. The molecule has 136 valence electrons. The van der Waals surface area contributed by atoms with Gasteiger partial charge >= 0.3 is 0 Å². The SMILES string of the molecule is CC12CC3CC(C)(C1)CC(C(=O)Nc1nc4c(s1)C[C@@H](N)CC4)(C3)C2. The van der Waals surface area contributed by atoms with Gasteiger partial charge in [0.05, 0.1) is 11.1 Å². The summed E-state index contributed by atoms with van der Waals surface area (Å²) in [6, 6.07) is 0.250. The minimum absolute atomic E-state index is 0.161. The largest absolute Gasteiger partial charge is 0.327 e. The van der Waals surface area contributed by atoms with Crippen LogP contribution in [0.4, 0.5) is 5.13 Å². The fourth-order valence-electron chi connectivity index (χ4n) is 7.38. The first-order valence-corrected chi connectivity index (χ1v) is 10.6. The first-order chi connectivity index (χ1) is 11.8. The average molecular weight is 360 g/mol. The van der Waals surface area contributed by atoms with Crippen LogP contribution >= 0.6 is 11.3 Å². The van der Waals surface area contributed by atoms with E-state index in [1.54, 1.807) is 11.3 Å². The van der Waals surface area contributed by atoms with Crippen LogP contribution in [-0.4, -0.2) is 16.9 Å². The Bertz CT molecular complexity index is 723. The van der Waals surface area contributed by atoms with E-state index in [1.807, 2.05) is 0 Å². The lowest BCUT2D eigenvalue weighted by atomic mass is 9.40. The van der Waals surface area contributed by atoms with Crippen molar-refractivity contribution in [2.75, 3.05) is 5.32 Å². The summed E-state index contributed by atoms with van der Waals surface area (Å²) < 4.78 is 0. The maximum atomic E-state index is 13.4. The van der Waals surface area contributed by atoms with Crippen molar-refractivity contribution in [3.05, 3.63) is 10.6 Å². The Kier molecular flexibility index (Phi) is 3.29. The lowest BCUT2D eigenvalue weighted by Gasteiger charge is -2.64. The number of fused-ring (bicyclic) bond motifs is 1. The van der Waals surface area contributed by atoms with Crippen molar-refractivity contribution < 1.29 is 4.79 Å². The van der Waals surface area contributed by atoms with E-state index >= 15 is 0 Å². The van der Waals surface area contributed by atoms with Crippen LogP contribution in [0.3, 0.4) is 0 Å². The molecule has 4 bridgehead atoms. The summed E-state index contributed by atoms with van der Waals surface area (Å²) in [7, 11) is 0. The molecule has 1 amide bonds. The van der Waals surface area contributed by atoms with Gasteiger partial charge in [-0.25, -0.2) is 4.98 Å². The van der Waals surface area contributed by atoms with Crippen molar-refractivity contribution in [1.82, 2.24) is 4.98 Å². The summed E-state index contributed by atoms with van der Waals surface area (Å²) >= 11 is 1.65. The fraction of sp³-hybridized carbons (Fsp3) is 0.800. The van der Waals surface area contributed by atoms with Crippen LogP contribution in [0.25, 0.3) is 0 Å². The third-order valence-corrected chi connectivity index (χ3v) is 8.34. The number of aromatic nitrogens is 1. The number of aryl methyl sites for hydroxylation is 1.